The highest BCUT2D eigenvalue weighted by Gasteiger charge is 2.17. The van der Waals surface area contributed by atoms with Gasteiger partial charge in [-0.15, -0.1) is 0 Å². The van der Waals surface area contributed by atoms with E-state index in [1.165, 1.54) is 0 Å². The molecule has 0 aliphatic carbocycles. The van der Waals surface area contributed by atoms with Crippen molar-refractivity contribution in [3.8, 4) is 5.75 Å². The number of phenols is 1. The lowest BCUT2D eigenvalue weighted by Crippen LogP contribution is -2.04. The van der Waals surface area contributed by atoms with Crippen LogP contribution >= 0.6 is 0 Å². The smallest absolute Gasteiger partial charge is 0.168 e. The molecule has 0 atom stereocenters. The van der Waals surface area contributed by atoms with Crippen molar-refractivity contribution >= 4 is 0 Å². The van der Waals surface area contributed by atoms with Gasteiger partial charge >= 0.3 is 0 Å². The van der Waals surface area contributed by atoms with Crippen molar-refractivity contribution in [3.63, 3.8) is 0 Å². The first-order valence-electron chi connectivity index (χ1n) is 4.13. The Balaban J connectivity index is 3.11. The van der Waals surface area contributed by atoms with Gasteiger partial charge in [0.1, 0.15) is 0 Å². The van der Waals surface area contributed by atoms with Crippen molar-refractivity contribution in [2.24, 2.45) is 5.73 Å². The van der Waals surface area contributed by atoms with Crippen LogP contribution in [0.5, 0.6) is 5.75 Å². The third-order valence-electron chi connectivity index (χ3n) is 1.87. The summed E-state index contributed by atoms with van der Waals surface area (Å²) in [5, 5.41) is 9.11. The van der Waals surface area contributed by atoms with Crippen molar-refractivity contribution in [3.05, 3.63) is 29.1 Å². The van der Waals surface area contributed by atoms with Crippen LogP contribution in [0.1, 0.15) is 12.0 Å². The molecule has 3 N–H and O–H groups in total. The van der Waals surface area contributed by atoms with Crippen LogP contribution in [0.2, 0.25) is 0 Å². The van der Waals surface area contributed by atoms with Gasteiger partial charge in [-0.1, -0.05) is 0 Å². The maximum atomic E-state index is 13.0. The quantitative estimate of drug-likeness (QED) is 0.738. The largest absolute Gasteiger partial charge is 0.505 e. The summed E-state index contributed by atoms with van der Waals surface area (Å²) >= 11 is 0. The van der Waals surface area contributed by atoms with E-state index in [1.807, 2.05) is 0 Å². The number of hydrogen-bond donors (Lipinski definition) is 2. The topological polar surface area (TPSA) is 46.2 Å². The Labute approximate surface area is 79.2 Å². The van der Waals surface area contributed by atoms with E-state index in [-0.39, 0.29) is 18.5 Å². The molecule has 2 nitrogen and oxygen atoms in total. The SMILES string of the molecule is NCCCc1c(O)c(F)cc(F)c1F. The molecule has 1 rings (SSSR count). The first-order chi connectivity index (χ1) is 6.57. The number of halogens is 3. The van der Waals surface area contributed by atoms with Gasteiger partial charge in [-0.3, -0.25) is 0 Å². The number of aromatic hydroxyl groups is 1. The van der Waals surface area contributed by atoms with E-state index in [0.717, 1.165) is 0 Å². The zero-order chi connectivity index (χ0) is 10.7. The van der Waals surface area contributed by atoms with Crippen LogP contribution in [0, 0.1) is 17.5 Å². The van der Waals surface area contributed by atoms with Crippen LogP contribution in [-0.2, 0) is 6.42 Å². The summed E-state index contributed by atoms with van der Waals surface area (Å²) in [5.41, 5.74) is 4.81. The van der Waals surface area contributed by atoms with Crippen LogP contribution in [0.4, 0.5) is 13.2 Å². The van der Waals surface area contributed by atoms with Crippen molar-refractivity contribution in [1.29, 1.82) is 0 Å². The molecular weight excluding hydrogens is 195 g/mol. The van der Waals surface area contributed by atoms with Gasteiger partial charge in [0.05, 0.1) is 0 Å². The summed E-state index contributed by atoms with van der Waals surface area (Å²) < 4.78 is 38.5. The predicted molar refractivity (Wildman–Crippen MR) is 45.4 cm³/mol. The molecule has 0 radical (unpaired) electrons. The van der Waals surface area contributed by atoms with Gasteiger partial charge in [0, 0.05) is 11.6 Å². The summed E-state index contributed by atoms with van der Waals surface area (Å²) in [6, 6.07) is 0.316. The summed E-state index contributed by atoms with van der Waals surface area (Å²) in [5.74, 6) is -4.50. The molecule has 78 valence electrons. The van der Waals surface area contributed by atoms with E-state index in [4.69, 9.17) is 10.8 Å². The minimum absolute atomic E-state index is 0.0167. The lowest BCUT2D eigenvalue weighted by atomic mass is 10.1. The molecule has 14 heavy (non-hydrogen) atoms. The first kappa shape index (κ1) is 10.8. The predicted octanol–water partition coefficient (Wildman–Crippen LogP) is 1.70. The van der Waals surface area contributed by atoms with E-state index in [0.29, 0.717) is 12.5 Å². The van der Waals surface area contributed by atoms with Gasteiger partial charge in [-0.05, 0) is 19.4 Å². The second kappa shape index (κ2) is 4.32. The first-order valence-corrected chi connectivity index (χ1v) is 4.13. The average molecular weight is 205 g/mol. The molecule has 0 saturated carbocycles. The summed E-state index contributed by atoms with van der Waals surface area (Å²) in [6.07, 6.45) is 0.371. The maximum absolute atomic E-state index is 13.0. The van der Waals surface area contributed by atoms with Gasteiger partial charge in [-0.25, -0.2) is 13.2 Å². The van der Waals surface area contributed by atoms with E-state index >= 15 is 0 Å². The zero-order valence-corrected chi connectivity index (χ0v) is 7.36. The van der Waals surface area contributed by atoms with Gasteiger partial charge in [0.15, 0.2) is 23.2 Å². The van der Waals surface area contributed by atoms with Crippen molar-refractivity contribution in [2.75, 3.05) is 6.54 Å². The van der Waals surface area contributed by atoms with E-state index in [2.05, 4.69) is 0 Å². The standard InChI is InChI=1S/C9H10F3NO/c10-6-4-7(11)9(14)5(8(6)12)2-1-3-13/h4,14H,1-3,13H2. The molecule has 0 aromatic heterocycles. The molecular formula is C9H10F3NO. The lowest BCUT2D eigenvalue weighted by Gasteiger charge is -2.06. The van der Waals surface area contributed by atoms with Gasteiger partial charge in [0.2, 0.25) is 0 Å². The molecule has 5 heteroatoms. The second-order valence-electron chi connectivity index (χ2n) is 2.87. The summed E-state index contributed by atoms with van der Waals surface area (Å²) in [4.78, 5) is 0. The average Bonchev–Trinajstić information content (AvgIpc) is 2.15. The molecule has 0 unspecified atom stereocenters. The number of rotatable bonds is 3. The monoisotopic (exact) mass is 205 g/mol. The molecule has 0 amide bonds. The van der Waals surface area contributed by atoms with E-state index < -0.39 is 23.2 Å². The van der Waals surface area contributed by atoms with Crippen LogP contribution in [0.25, 0.3) is 0 Å². The van der Waals surface area contributed by atoms with Crippen molar-refractivity contribution in [2.45, 2.75) is 12.8 Å². The van der Waals surface area contributed by atoms with Crippen LogP contribution in [0.15, 0.2) is 6.07 Å². The Morgan fingerprint density at radius 1 is 1.21 bits per heavy atom. The fourth-order valence-electron chi connectivity index (χ4n) is 1.14. The number of phenolic OH excluding ortho intramolecular Hbond substituents is 1. The molecule has 0 spiro atoms. The Kier molecular flexibility index (Phi) is 3.35. The third-order valence-corrected chi connectivity index (χ3v) is 1.87. The molecule has 0 heterocycles. The van der Waals surface area contributed by atoms with Gasteiger partial charge in [-0.2, -0.15) is 0 Å². The highest BCUT2D eigenvalue weighted by atomic mass is 19.2. The number of nitrogens with two attached hydrogens (primary N) is 1. The third kappa shape index (κ3) is 1.98. The number of hydrogen-bond acceptors (Lipinski definition) is 2. The summed E-state index contributed by atoms with van der Waals surface area (Å²) in [6.45, 7) is 0.261. The van der Waals surface area contributed by atoms with Crippen molar-refractivity contribution in [1.82, 2.24) is 0 Å². The normalized spacial score (nSPS) is 10.6. The summed E-state index contributed by atoms with van der Waals surface area (Å²) in [7, 11) is 0. The van der Waals surface area contributed by atoms with Crippen LogP contribution in [-0.4, -0.2) is 11.7 Å². The minimum atomic E-state index is -1.30. The molecule has 0 aliphatic rings. The molecule has 1 aromatic rings. The molecule has 1 aromatic carbocycles. The zero-order valence-electron chi connectivity index (χ0n) is 7.36. The fourth-order valence-corrected chi connectivity index (χ4v) is 1.14. The van der Waals surface area contributed by atoms with Gasteiger partial charge < -0.3 is 10.8 Å². The van der Waals surface area contributed by atoms with Crippen molar-refractivity contribution < 1.29 is 18.3 Å². The maximum Gasteiger partial charge on any atom is 0.168 e. The van der Waals surface area contributed by atoms with Crippen LogP contribution in [0.3, 0.4) is 0 Å². The Morgan fingerprint density at radius 3 is 2.43 bits per heavy atom. The van der Waals surface area contributed by atoms with E-state index in [9.17, 15) is 13.2 Å². The highest BCUT2D eigenvalue weighted by molar-refractivity contribution is 5.35. The Morgan fingerprint density at radius 2 is 1.86 bits per heavy atom. The Bertz CT molecular complexity index is 315. The Hall–Kier alpha value is -1.23. The van der Waals surface area contributed by atoms with Crippen LogP contribution < -0.4 is 5.73 Å². The van der Waals surface area contributed by atoms with E-state index in [1.54, 1.807) is 0 Å². The van der Waals surface area contributed by atoms with Gasteiger partial charge in [0.25, 0.3) is 0 Å². The second-order valence-corrected chi connectivity index (χ2v) is 2.87. The molecule has 0 aliphatic heterocycles. The molecule has 0 fully saturated rings. The lowest BCUT2D eigenvalue weighted by molar-refractivity contribution is 0.401. The number of benzene rings is 1. The fraction of sp³-hybridized carbons (Fsp3) is 0.333. The minimum Gasteiger partial charge on any atom is -0.505 e. The molecule has 0 saturated heterocycles. The molecule has 0 bridgehead atoms. The highest BCUT2D eigenvalue weighted by Crippen LogP contribution is 2.27.